The number of nitrogens with zero attached hydrogens (tertiary/aromatic N) is 3. The summed E-state index contributed by atoms with van der Waals surface area (Å²) in [5.74, 6) is -0.419. The minimum Gasteiger partial charge on any atom is -0.450 e. The smallest absolute Gasteiger partial charge is 0.197 e. The number of hydrogen-bond donors (Lipinski definition) is 0. The molecule has 8 heteroatoms. The van der Waals surface area contributed by atoms with Crippen LogP contribution in [0.3, 0.4) is 0 Å². The minimum absolute atomic E-state index is 0.193. The van der Waals surface area contributed by atoms with Crippen molar-refractivity contribution in [3.05, 3.63) is 63.6 Å². The molecule has 0 saturated heterocycles. The van der Waals surface area contributed by atoms with Gasteiger partial charge in [0, 0.05) is 29.4 Å². The monoisotopic (exact) mass is 485 g/mol. The van der Waals surface area contributed by atoms with Crippen LogP contribution >= 0.6 is 27.7 Å². The van der Waals surface area contributed by atoms with Crippen molar-refractivity contribution in [1.82, 2.24) is 0 Å². The number of anilines is 1. The Morgan fingerprint density at radius 1 is 1.37 bits per heavy atom. The summed E-state index contributed by atoms with van der Waals surface area (Å²) in [4.78, 5) is 19.0. The summed E-state index contributed by atoms with van der Waals surface area (Å²) in [7, 11) is 1.78. The van der Waals surface area contributed by atoms with Crippen molar-refractivity contribution < 1.29 is 13.6 Å². The van der Waals surface area contributed by atoms with Gasteiger partial charge in [-0.25, -0.2) is 4.39 Å². The molecule has 2 unspecified atom stereocenters. The Morgan fingerprint density at radius 2 is 2.07 bits per heavy atom. The number of aliphatic imine (C=N–C) groups is 1. The molecule has 0 saturated carbocycles. The summed E-state index contributed by atoms with van der Waals surface area (Å²) in [5, 5.41) is 10.0. The molecule has 0 spiro atoms. The maximum absolute atomic E-state index is 13.6. The summed E-state index contributed by atoms with van der Waals surface area (Å²) in [5.41, 5.74) is 3.15. The Balaban J connectivity index is 2.03. The SMILES string of the molecule is CC(=O)c1oc2c(C)cc(Br)cc2c1N(C)C1(c2ccc(F)cc2)N=CSC1C#N. The molecule has 30 heavy (non-hydrogen) atoms. The molecule has 1 aliphatic heterocycles. The number of nitriles is 1. The number of halogens is 2. The summed E-state index contributed by atoms with van der Waals surface area (Å²) in [6.45, 7) is 3.35. The van der Waals surface area contributed by atoms with Gasteiger partial charge in [-0.15, -0.1) is 0 Å². The Bertz CT molecular complexity index is 1230. The number of fused-ring (bicyclic) bond motifs is 1. The van der Waals surface area contributed by atoms with Crippen molar-refractivity contribution in [2.45, 2.75) is 24.8 Å². The van der Waals surface area contributed by atoms with Crippen LogP contribution in [0.2, 0.25) is 0 Å². The predicted octanol–water partition coefficient (Wildman–Crippen LogP) is 5.80. The molecule has 0 amide bonds. The molecule has 0 fully saturated rings. The van der Waals surface area contributed by atoms with Crippen molar-refractivity contribution in [3.8, 4) is 6.07 Å². The Hall–Kier alpha value is -2.63. The van der Waals surface area contributed by atoms with Crippen molar-refractivity contribution in [3.63, 3.8) is 0 Å². The third kappa shape index (κ3) is 3.04. The first-order chi connectivity index (χ1) is 14.3. The fourth-order valence-corrected chi connectivity index (χ4v) is 5.41. The first-order valence-corrected chi connectivity index (χ1v) is 10.9. The number of rotatable bonds is 4. The molecule has 2 aromatic carbocycles. The average molecular weight is 486 g/mol. The first-order valence-electron chi connectivity index (χ1n) is 9.11. The van der Waals surface area contributed by atoms with E-state index in [0.29, 0.717) is 16.8 Å². The first kappa shape index (κ1) is 20.6. The Morgan fingerprint density at radius 3 is 2.70 bits per heavy atom. The zero-order chi connectivity index (χ0) is 21.6. The number of benzene rings is 2. The van der Waals surface area contributed by atoms with Crippen LogP contribution in [0.4, 0.5) is 10.1 Å². The molecule has 0 N–H and O–H groups in total. The second kappa shape index (κ2) is 7.56. The van der Waals surface area contributed by atoms with Gasteiger partial charge in [-0.1, -0.05) is 39.8 Å². The average Bonchev–Trinajstić information content (AvgIpc) is 3.30. The van der Waals surface area contributed by atoms with E-state index in [9.17, 15) is 14.4 Å². The molecule has 1 aliphatic rings. The number of furan rings is 1. The van der Waals surface area contributed by atoms with Gasteiger partial charge in [-0.3, -0.25) is 9.79 Å². The highest BCUT2D eigenvalue weighted by atomic mass is 79.9. The lowest BCUT2D eigenvalue weighted by Crippen LogP contribution is -2.48. The maximum Gasteiger partial charge on any atom is 0.197 e. The lowest BCUT2D eigenvalue weighted by atomic mass is 9.93. The lowest BCUT2D eigenvalue weighted by molar-refractivity contribution is 0.0989. The highest BCUT2D eigenvalue weighted by Gasteiger charge is 2.49. The van der Waals surface area contributed by atoms with Crippen molar-refractivity contribution in [2.75, 3.05) is 11.9 Å². The van der Waals surface area contributed by atoms with Gasteiger partial charge in [0.2, 0.25) is 0 Å². The number of hydrogen-bond acceptors (Lipinski definition) is 6. The van der Waals surface area contributed by atoms with E-state index in [4.69, 9.17) is 4.42 Å². The molecule has 2 atom stereocenters. The molecule has 152 valence electrons. The second-order valence-electron chi connectivity index (χ2n) is 7.11. The Labute approximate surface area is 185 Å². The third-order valence-corrected chi connectivity index (χ3v) is 6.67. The maximum atomic E-state index is 13.6. The number of aryl methyl sites for hydroxylation is 1. The van der Waals surface area contributed by atoms with Crippen LogP contribution in [0.1, 0.15) is 28.6 Å². The van der Waals surface area contributed by atoms with Crippen molar-refractivity contribution in [1.29, 1.82) is 5.26 Å². The summed E-state index contributed by atoms with van der Waals surface area (Å²) in [6, 6.07) is 12.0. The second-order valence-corrected chi connectivity index (χ2v) is 8.98. The number of carbonyl (C=O) groups is 1. The van der Waals surface area contributed by atoms with E-state index in [1.807, 2.05) is 19.1 Å². The van der Waals surface area contributed by atoms with Crippen LogP contribution in [-0.2, 0) is 5.66 Å². The Kier molecular flexibility index (Phi) is 5.20. The number of ketones is 1. The molecule has 1 aromatic heterocycles. The molecule has 0 bridgehead atoms. The predicted molar refractivity (Wildman–Crippen MR) is 121 cm³/mol. The van der Waals surface area contributed by atoms with E-state index in [0.717, 1.165) is 15.4 Å². The zero-order valence-corrected chi connectivity index (χ0v) is 18.8. The molecule has 4 rings (SSSR count). The normalized spacial score (nSPS) is 20.5. The summed E-state index contributed by atoms with van der Waals surface area (Å²) in [6.07, 6.45) is 0. The van der Waals surface area contributed by atoms with E-state index in [-0.39, 0.29) is 17.4 Å². The van der Waals surface area contributed by atoms with Gasteiger partial charge in [0.15, 0.2) is 17.2 Å². The van der Waals surface area contributed by atoms with Gasteiger partial charge in [0.05, 0.1) is 17.3 Å². The van der Waals surface area contributed by atoms with E-state index in [1.54, 1.807) is 29.6 Å². The van der Waals surface area contributed by atoms with Crippen molar-refractivity contribution >= 4 is 55.7 Å². The third-order valence-electron chi connectivity index (χ3n) is 5.28. The van der Waals surface area contributed by atoms with E-state index in [1.165, 1.54) is 30.8 Å². The molecule has 5 nitrogen and oxygen atoms in total. The van der Waals surface area contributed by atoms with Gasteiger partial charge in [-0.2, -0.15) is 5.26 Å². The topological polar surface area (TPSA) is 69.6 Å². The zero-order valence-electron chi connectivity index (χ0n) is 16.4. The standard InChI is InChI=1S/C22H17BrFN3O2S/c1-12-8-15(23)9-17-19(21(13(2)28)29-20(12)17)27(3)22(18(10-25)30-11-26-22)14-4-6-16(24)7-5-14/h4-9,11,18H,1-3H3. The van der Waals surface area contributed by atoms with Crippen LogP contribution in [0.25, 0.3) is 11.0 Å². The highest BCUT2D eigenvalue weighted by Crippen LogP contribution is 2.48. The number of carbonyl (C=O) groups excluding carboxylic acids is 1. The van der Waals surface area contributed by atoms with E-state index < -0.39 is 10.9 Å². The summed E-state index contributed by atoms with van der Waals surface area (Å²) >= 11 is 4.80. The largest absolute Gasteiger partial charge is 0.450 e. The van der Waals surface area contributed by atoms with E-state index >= 15 is 0 Å². The number of thioether (sulfide) groups is 1. The van der Waals surface area contributed by atoms with Crippen LogP contribution in [0, 0.1) is 24.1 Å². The quantitative estimate of drug-likeness (QED) is 0.436. The fraction of sp³-hybridized carbons (Fsp3) is 0.227. The lowest BCUT2D eigenvalue weighted by Gasteiger charge is -2.39. The van der Waals surface area contributed by atoms with Crippen LogP contribution < -0.4 is 4.90 Å². The molecule has 2 heterocycles. The highest BCUT2D eigenvalue weighted by molar-refractivity contribution is 9.10. The van der Waals surface area contributed by atoms with Gasteiger partial charge in [0.25, 0.3) is 0 Å². The molecule has 0 radical (unpaired) electrons. The molecule has 3 aromatic rings. The van der Waals surface area contributed by atoms with Crippen LogP contribution in [0.15, 0.2) is 50.3 Å². The molecular weight excluding hydrogens is 469 g/mol. The van der Waals surface area contributed by atoms with Gasteiger partial charge < -0.3 is 9.32 Å². The molecular formula is C22H17BrFN3O2S. The van der Waals surface area contributed by atoms with Crippen LogP contribution in [-0.4, -0.2) is 23.6 Å². The number of Topliss-reactive ketones (excluding diaryl/α,β-unsaturated/α-hetero) is 1. The van der Waals surface area contributed by atoms with Gasteiger partial charge in [-0.05, 0) is 36.8 Å². The summed E-state index contributed by atoms with van der Waals surface area (Å²) < 4.78 is 20.5. The van der Waals surface area contributed by atoms with Gasteiger partial charge in [0.1, 0.15) is 16.7 Å². The van der Waals surface area contributed by atoms with E-state index in [2.05, 4.69) is 27.0 Å². The van der Waals surface area contributed by atoms with Crippen molar-refractivity contribution in [2.24, 2.45) is 4.99 Å². The minimum atomic E-state index is -1.15. The molecule has 0 aliphatic carbocycles. The van der Waals surface area contributed by atoms with Crippen LogP contribution in [0.5, 0.6) is 0 Å². The van der Waals surface area contributed by atoms with Gasteiger partial charge >= 0.3 is 0 Å². The fourth-order valence-electron chi connectivity index (χ4n) is 3.89.